The van der Waals surface area contributed by atoms with Crippen molar-refractivity contribution in [2.24, 2.45) is 7.05 Å². The predicted molar refractivity (Wildman–Crippen MR) is 75.1 cm³/mol. The number of carbonyl (C=O) groups excluding carboxylic acids is 1. The van der Waals surface area contributed by atoms with Crippen LogP contribution >= 0.6 is 0 Å². The van der Waals surface area contributed by atoms with E-state index in [4.69, 9.17) is 0 Å². The zero-order chi connectivity index (χ0) is 14.0. The van der Waals surface area contributed by atoms with Gasteiger partial charge in [0.1, 0.15) is 0 Å². The molecule has 0 bridgehead atoms. The second-order valence-electron chi connectivity index (χ2n) is 5.61. The minimum Gasteiger partial charge on any atom is -0.335 e. The van der Waals surface area contributed by atoms with Gasteiger partial charge in [-0.15, -0.1) is 0 Å². The molecule has 0 saturated carbocycles. The van der Waals surface area contributed by atoms with Crippen molar-refractivity contribution in [2.45, 2.75) is 45.7 Å². The van der Waals surface area contributed by atoms with Gasteiger partial charge in [-0.3, -0.25) is 9.48 Å². The van der Waals surface area contributed by atoms with Crippen LogP contribution in [0.15, 0.2) is 6.20 Å². The summed E-state index contributed by atoms with van der Waals surface area (Å²) in [5.74, 6) is 0.0919. The van der Waals surface area contributed by atoms with Crippen molar-refractivity contribution in [3.63, 3.8) is 0 Å². The molecule has 2 rings (SSSR count). The average Bonchev–Trinajstić information content (AvgIpc) is 2.97. The molecule has 1 unspecified atom stereocenters. The number of carbonyl (C=O) groups is 1. The molecule has 1 aromatic heterocycles. The van der Waals surface area contributed by atoms with E-state index in [2.05, 4.69) is 24.3 Å². The number of hydrogen-bond donors (Lipinski definition) is 1. The van der Waals surface area contributed by atoms with E-state index in [0.29, 0.717) is 11.6 Å². The Balaban J connectivity index is 2.14. The molecular weight excluding hydrogens is 240 g/mol. The highest BCUT2D eigenvalue weighted by molar-refractivity contribution is 5.95. The van der Waals surface area contributed by atoms with Crippen molar-refractivity contribution in [1.82, 2.24) is 20.0 Å². The maximum atomic E-state index is 12.7. The number of aryl methyl sites for hydroxylation is 1. The largest absolute Gasteiger partial charge is 0.335 e. The Bertz CT molecular complexity index is 446. The topological polar surface area (TPSA) is 50.2 Å². The van der Waals surface area contributed by atoms with Gasteiger partial charge in [-0.2, -0.15) is 5.10 Å². The maximum Gasteiger partial charge on any atom is 0.257 e. The fourth-order valence-corrected chi connectivity index (χ4v) is 2.54. The first kappa shape index (κ1) is 14.1. The van der Waals surface area contributed by atoms with E-state index in [1.165, 1.54) is 6.42 Å². The lowest BCUT2D eigenvalue weighted by atomic mass is 10.1. The van der Waals surface area contributed by atoms with Crippen molar-refractivity contribution in [1.29, 1.82) is 0 Å². The van der Waals surface area contributed by atoms with Gasteiger partial charge in [0.2, 0.25) is 0 Å². The normalized spacial score (nSPS) is 19.1. The first-order valence-electron chi connectivity index (χ1n) is 7.03. The molecule has 1 amide bonds. The van der Waals surface area contributed by atoms with Crippen molar-refractivity contribution < 1.29 is 4.79 Å². The summed E-state index contributed by atoms with van der Waals surface area (Å²) in [7, 11) is 1.87. The molecule has 1 atom stereocenters. The quantitative estimate of drug-likeness (QED) is 0.892. The molecule has 1 aliphatic rings. The fraction of sp³-hybridized carbons (Fsp3) is 0.714. The zero-order valence-corrected chi connectivity index (χ0v) is 12.3. The third-order valence-electron chi connectivity index (χ3n) is 3.93. The molecule has 19 heavy (non-hydrogen) atoms. The maximum absolute atomic E-state index is 12.7. The van der Waals surface area contributed by atoms with E-state index in [1.54, 1.807) is 10.9 Å². The molecule has 0 aromatic carbocycles. The van der Waals surface area contributed by atoms with Gasteiger partial charge in [0.15, 0.2) is 0 Å². The standard InChI is InChI=1S/C14H24N4O/c1-10(2)18(9-12-6-5-7-15-12)14(19)13-8-16-17(4)11(13)3/h8,10,12,15H,5-7,9H2,1-4H3. The predicted octanol–water partition coefficient (Wildman–Crippen LogP) is 1.33. The number of hydrogen-bond acceptors (Lipinski definition) is 3. The SMILES string of the molecule is Cc1c(C(=O)N(CC2CCCN2)C(C)C)cnn1C. The van der Waals surface area contributed by atoms with E-state index < -0.39 is 0 Å². The number of amides is 1. The summed E-state index contributed by atoms with van der Waals surface area (Å²) in [6.45, 7) is 7.92. The van der Waals surface area contributed by atoms with Crippen molar-refractivity contribution >= 4 is 5.91 Å². The van der Waals surface area contributed by atoms with Gasteiger partial charge in [-0.25, -0.2) is 0 Å². The molecule has 0 radical (unpaired) electrons. The molecule has 1 aliphatic heterocycles. The molecule has 1 aromatic rings. The molecule has 5 heteroatoms. The molecular formula is C14H24N4O. The summed E-state index contributed by atoms with van der Waals surface area (Å²) < 4.78 is 1.75. The lowest BCUT2D eigenvalue weighted by molar-refractivity contribution is 0.0688. The van der Waals surface area contributed by atoms with Crippen LogP contribution in [0.25, 0.3) is 0 Å². The van der Waals surface area contributed by atoms with Crippen LogP contribution in [0.2, 0.25) is 0 Å². The Hall–Kier alpha value is -1.36. The Kier molecular flexibility index (Phi) is 4.24. The molecule has 0 aliphatic carbocycles. The third kappa shape index (κ3) is 2.97. The number of aromatic nitrogens is 2. The van der Waals surface area contributed by atoms with Gasteiger partial charge in [-0.1, -0.05) is 0 Å². The Morgan fingerprint density at radius 3 is 2.84 bits per heavy atom. The highest BCUT2D eigenvalue weighted by Crippen LogP contribution is 2.15. The lowest BCUT2D eigenvalue weighted by Crippen LogP contribution is -2.44. The van der Waals surface area contributed by atoms with Gasteiger partial charge >= 0.3 is 0 Å². The lowest BCUT2D eigenvalue weighted by Gasteiger charge is -2.29. The zero-order valence-electron chi connectivity index (χ0n) is 12.3. The Morgan fingerprint density at radius 1 is 1.63 bits per heavy atom. The number of nitrogens with zero attached hydrogens (tertiary/aromatic N) is 3. The van der Waals surface area contributed by atoms with Crippen LogP contribution in [0, 0.1) is 6.92 Å². The van der Waals surface area contributed by atoms with Crippen LogP contribution in [0.1, 0.15) is 42.7 Å². The minimum absolute atomic E-state index is 0.0919. The second-order valence-corrected chi connectivity index (χ2v) is 5.61. The summed E-state index contributed by atoms with van der Waals surface area (Å²) in [5.41, 5.74) is 1.64. The van der Waals surface area contributed by atoms with Gasteiger partial charge in [0.05, 0.1) is 11.8 Å². The molecule has 1 saturated heterocycles. The summed E-state index contributed by atoms with van der Waals surface area (Å²) in [4.78, 5) is 14.6. The van der Waals surface area contributed by atoms with Gasteiger partial charge < -0.3 is 10.2 Å². The van der Waals surface area contributed by atoms with Crippen LogP contribution in [0.3, 0.4) is 0 Å². The van der Waals surface area contributed by atoms with Crippen LogP contribution in [0.5, 0.6) is 0 Å². The Labute approximate surface area is 115 Å². The third-order valence-corrected chi connectivity index (χ3v) is 3.93. The first-order chi connectivity index (χ1) is 9.00. The van der Waals surface area contributed by atoms with E-state index >= 15 is 0 Å². The average molecular weight is 264 g/mol. The van der Waals surface area contributed by atoms with E-state index in [0.717, 1.165) is 25.2 Å². The summed E-state index contributed by atoms with van der Waals surface area (Å²) in [5, 5.41) is 7.62. The van der Waals surface area contributed by atoms with Crippen LogP contribution < -0.4 is 5.32 Å². The van der Waals surface area contributed by atoms with E-state index in [1.807, 2.05) is 18.9 Å². The Morgan fingerprint density at radius 2 is 2.37 bits per heavy atom. The van der Waals surface area contributed by atoms with Crippen molar-refractivity contribution in [3.05, 3.63) is 17.5 Å². The molecule has 5 nitrogen and oxygen atoms in total. The number of rotatable bonds is 4. The van der Waals surface area contributed by atoms with E-state index in [9.17, 15) is 4.79 Å². The minimum atomic E-state index is 0.0919. The molecule has 0 spiro atoms. The molecule has 2 heterocycles. The monoisotopic (exact) mass is 264 g/mol. The summed E-state index contributed by atoms with van der Waals surface area (Å²) in [6, 6.07) is 0.637. The van der Waals surface area contributed by atoms with Crippen LogP contribution in [-0.4, -0.2) is 45.8 Å². The van der Waals surface area contributed by atoms with Crippen LogP contribution in [-0.2, 0) is 7.05 Å². The van der Waals surface area contributed by atoms with Gasteiger partial charge in [0, 0.05) is 31.4 Å². The van der Waals surface area contributed by atoms with Crippen molar-refractivity contribution in [3.8, 4) is 0 Å². The second kappa shape index (κ2) is 5.74. The van der Waals surface area contributed by atoms with Gasteiger partial charge in [-0.05, 0) is 40.2 Å². The highest BCUT2D eigenvalue weighted by Gasteiger charge is 2.26. The fourth-order valence-electron chi connectivity index (χ4n) is 2.54. The molecule has 1 fully saturated rings. The molecule has 1 N–H and O–H groups in total. The highest BCUT2D eigenvalue weighted by atomic mass is 16.2. The van der Waals surface area contributed by atoms with Gasteiger partial charge in [0.25, 0.3) is 5.91 Å². The molecule has 106 valence electrons. The summed E-state index contributed by atoms with van der Waals surface area (Å²) >= 11 is 0. The number of nitrogens with one attached hydrogen (secondary N) is 1. The van der Waals surface area contributed by atoms with E-state index in [-0.39, 0.29) is 11.9 Å². The van der Waals surface area contributed by atoms with Crippen molar-refractivity contribution in [2.75, 3.05) is 13.1 Å². The summed E-state index contributed by atoms with van der Waals surface area (Å²) in [6.07, 6.45) is 4.04. The van der Waals surface area contributed by atoms with Crippen LogP contribution in [0.4, 0.5) is 0 Å². The smallest absolute Gasteiger partial charge is 0.257 e. The first-order valence-corrected chi connectivity index (χ1v) is 7.03.